The first-order valence-electron chi connectivity index (χ1n) is 5.14. The molecule has 5 heteroatoms. The Morgan fingerprint density at radius 2 is 2.50 bits per heavy atom. The van der Waals surface area contributed by atoms with Gasteiger partial charge in [-0.1, -0.05) is 6.58 Å². The number of rotatable bonds is 4. The smallest absolute Gasteiger partial charge is 0.323 e. The quantitative estimate of drug-likeness (QED) is 0.752. The van der Waals surface area contributed by atoms with Crippen molar-refractivity contribution in [3.63, 3.8) is 0 Å². The van der Waals surface area contributed by atoms with Crippen molar-refractivity contribution < 1.29 is 9.53 Å². The molecule has 1 atom stereocenters. The predicted molar refractivity (Wildman–Crippen MR) is 59.5 cm³/mol. The van der Waals surface area contributed by atoms with E-state index in [9.17, 15) is 4.79 Å². The number of aromatic nitrogens is 2. The number of carbonyl (C=O) groups excluding carboxylic acids is 1. The summed E-state index contributed by atoms with van der Waals surface area (Å²) in [4.78, 5) is 11.5. The molecule has 2 rings (SSSR count). The summed E-state index contributed by atoms with van der Waals surface area (Å²) in [5, 5.41) is 4.10. The van der Waals surface area contributed by atoms with Crippen LogP contribution in [0.1, 0.15) is 18.4 Å². The van der Waals surface area contributed by atoms with E-state index in [-0.39, 0.29) is 11.4 Å². The van der Waals surface area contributed by atoms with Crippen molar-refractivity contribution in [2.24, 2.45) is 5.73 Å². The maximum absolute atomic E-state index is 11.5. The van der Waals surface area contributed by atoms with Crippen LogP contribution in [0.25, 0.3) is 6.20 Å². The molecule has 1 saturated carbocycles. The average molecular weight is 221 g/mol. The first kappa shape index (κ1) is 10.9. The third-order valence-corrected chi connectivity index (χ3v) is 3.20. The lowest BCUT2D eigenvalue weighted by Crippen LogP contribution is -2.42. The molecule has 5 nitrogen and oxygen atoms in total. The second-order valence-corrected chi connectivity index (χ2v) is 4.05. The van der Waals surface area contributed by atoms with E-state index in [0.29, 0.717) is 0 Å². The van der Waals surface area contributed by atoms with Gasteiger partial charge in [0.05, 0.1) is 13.3 Å². The standard InChI is InChI=1S/C11H15N3O2/c1-3-14-7-8(6-13-14)11(4-5-11)9(12)10(15)16-2/h3,6-7,9H,1,4-5,12H2,2H3. The normalized spacial score (nSPS) is 18.9. The third kappa shape index (κ3) is 1.53. The minimum Gasteiger partial charge on any atom is -0.468 e. The fraction of sp³-hybridized carbons (Fsp3) is 0.455. The van der Waals surface area contributed by atoms with Gasteiger partial charge in [0.1, 0.15) is 6.04 Å². The summed E-state index contributed by atoms with van der Waals surface area (Å²) in [5.41, 5.74) is 6.61. The highest BCUT2D eigenvalue weighted by Crippen LogP contribution is 2.50. The average Bonchev–Trinajstić information content (AvgIpc) is 2.98. The minimum absolute atomic E-state index is 0.283. The van der Waals surface area contributed by atoms with Crippen LogP contribution in [-0.4, -0.2) is 28.9 Å². The summed E-state index contributed by atoms with van der Waals surface area (Å²) >= 11 is 0. The number of nitrogens with zero attached hydrogens (tertiary/aromatic N) is 2. The summed E-state index contributed by atoms with van der Waals surface area (Å²) in [6.45, 7) is 3.62. The van der Waals surface area contributed by atoms with E-state index in [1.165, 1.54) is 7.11 Å². The lowest BCUT2D eigenvalue weighted by Gasteiger charge is -2.19. The molecule has 2 N–H and O–H groups in total. The first-order chi connectivity index (χ1) is 7.64. The van der Waals surface area contributed by atoms with Crippen LogP contribution in [0.2, 0.25) is 0 Å². The van der Waals surface area contributed by atoms with Crippen LogP contribution in [0.15, 0.2) is 19.0 Å². The molecule has 1 aliphatic rings. The van der Waals surface area contributed by atoms with Gasteiger partial charge in [0.25, 0.3) is 0 Å². The van der Waals surface area contributed by atoms with Gasteiger partial charge in [-0.25, -0.2) is 4.68 Å². The van der Waals surface area contributed by atoms with Crippen LogP contribution in [0.3, 0.4) is 0 Å². The molecule has 1 heterocycles. The lowest BCUT2D eigenvalue weighted by atomic mass is 9.91. The van der Waals surface area contributed by atoms with Gasteiger partial charge in [-0.05, 0) is 18.4 Å². The number of methoxy groups -OCH3 is 1. The van der Waals surface area contributed by atoms with Gasteiger partial charge >= 0.3 is 5.97 Å². The summed E-state index contributed by atoms with van der Waals surface area (Å²) < 4.78 is 6.29. The summed E-state index contributed by atoms with van der Waals surface area (Å²) in [6.07, 6.45) is 6.97. The Hall–Kier alpha value is -1.62. The van der Waals surface area contributed by atoms with Crippen molar-refractivity contribution >= 4 is 12.2 Å². The van der Waals surface area contributed by atoms with E-state index in [4.69, 9.17) is 5.73 Å². The van der Waals surface area contributed by atoms with Crippen LogP contribution in [0.4, 0.5) is 0 Å². The highest BCUT2D eigenvalue weighted by Gasteiger charge is 2.53. The van der Waals surface area contributed by atoms with Crippen LogP contribution in [0, 0.1) is 0 Å². The zero-order valence-corrected chi connectivity index (χ0v) is 9.22. The minimum atomic E-state index is -0.611. The molecule has 0 aromatic carbocycles. The van der Waals surface area contributed by atoms with Crippen LogP contribution in [-0.2, 0) is 14.9 Å². The molecule has 0 aliphatic heterocycles. The summed E-state index contributed by atoms with van der Waals surface area (Å²) in [6, 6.07) is -0.611. The molecule has 1 aromatic heterocycles. The Morgan fingerprint density at radius 1 is 1.81 bits per heavy atom. The maximum atomic E-state index is 11.5. The molecular formula is C11H15N3O2. The van der Waals surface area contributed by atoms with E-state index in [1.54, 1.807) is 17.1 Å². The molecule has 0 saturated heterocycles. The highest BCUT2D eigenvalue weighted by molar-refractivity contribution is 5.78. The zero-order chi connectivity index (χ0) is 11.8. The largest absolute Gasteiger partial charge is 0.468 e. The lowest BCUT2D eigenvalue weighted by molar-refractivity contribution is -0.143. The van der Waals surface area contributed by atoms with E-state index < -0.39 is 6.04 Å². The van der Waals surface area contributed by atoms with Crippen molar-refractivity contribution in [3.8, 4) is 0 Å². The van der Waals surface area contributed by atoms with Crippen molar-refractivity contribution in [2.45, 2.75) is 24.3 Å². The van der Waals surface area contributed by atoms with Crippen molar-refractivity contribution in [1.29, 1.82) is 0 Å². The van der Waals surface area contributed by atoms with Crippen molar-refractivity contribution in [2.75, 3.05) is 7.11 Å². The molecule has 0 spiro atoms. The fourth-order valence-electron chi connectivity index (χ4n) is 1.96. The van der Waals surface area contributed by atoms with E-state index in [1.807, 2.05) is 6.20 Å². The second-order valence-electron chi connectivity index (χ2n) is 4.05. The molecule has 86 valence electrons. The fourth-order valence-corrected chi connectivity index (χ4v) is 1.96. The Bertz CT molecular complexity index is 421. The highest BCUT2D eigenvalue weighted by atomic mass is 16.5. The van der Waals surface area contributed by atoms with Gasteiger partial charge in [-0.15, -0.1) is 0 Å². The Kier molecular flexibility index (Phi) is 2.55. The molecule has 0 bridgehead atoms. The molecule has 1 unspecified atom stereocenters. The molecule has 0 amide bonds. The molecule has 1 aliphatic carbocycles. The summed E-state index contributed by atoms with van der Waals surface area (Å²) in [5.74, 6) is -0.371. The summed E-state index contributed by atoms with van der Waals surface area (Å²) in [7, 11) is 1.35. The molecule has 1 fully saturated rings. The monoisotopic (exact) mass is 221 g/mol. The van der Waals surface area contributed by atoms with Gasteiger partial charge in [0.15, 0.2) is 0 Å². The van der Waals surface area contributed by atoms with E-state index >= 15 is 0 Å². The van der Waals surface area contributed by atoms with Gasteiger partial charge in [-0.2, -0.15) is 5.10 Å². The third-order valence-electron chi connectivity index (χ3n) is 3.20. The molecule has 16 heavy (non-hydrogen) atoms. The maximum Gasteiger partial charge on any atom is 0.323 e. The van der Waals surface area contributed by atoms with Gasteiger partial charge in [-0.3, -0.25) is 4.79 Å². The topological polar surface area (TPSA) is 70.1 Å². The number of ether oxygens (including phenoxy) is 1. The molecule has 1 aromatic rings. The Morgan fingerprint density at radius 3 is 2.94 bits per heavy atom. The molecular weight excluding hydrogens is 206 g/mol. The zero-order valence-electron chi connectivity index (χ0n) is 9.22. The number of esters is 1. The van der Waals surface area contributed by atoms with Crippen LogP contribution in [0.5, 0.6) is 0 Å². The SMILES string of the molecule is C=Cn1cc(C2(C(N)C(=O)OC)CC2)cn1. The number of hydrogen-bond acceptors (Lipinski definition) is 4. The molecule has 0 radical (unpaired) electrons. The van der Waals surface area contributed by atoms with Gasteiger partial charge < -0.3 is 10.5 Å². The number of nitrogens with two attached hydrogens (primary N) is 1. The second kappa shape index (κ2) is 3.75. The van der Waals surface area contributed by atoms with Gasteiger partial charge in [0.2, 0.25) is 0 Å². The Labute approximate surface area is 93.9 Å². The van der Waals surface area contributed by atoms with Crippen LogP contribution < -0.4 is 5.73 Å². The number of carbonyl (C=O) groups is 1. The Balaban J connectivity index is 2.25. The van der Waals surface area contributed by atoms with Gasteiger partial charge in [0, 0.05) is 17.8 Å². The van der Waals surface area contributed by atoms with E-state index in [2.05, 4.69) is 16.4 Å². The van der Waals surface area contributed by atoms with Crippen molar-refractivity contribution in [1.82, 2.24) is 9.78 Å². The first-order valence-corrected chi connectivity index (χ1v) is 5.14. The van der Waals surface area contributed by atoms with Crippen molar-refractivity contribution in [3.05, 3.63) is 24.5 Å². The van der Waals surface area contributed by atoms with E-state index in [0.717, 1.165) is 18.4 Å². The predicted octanol–water partition coefficient (Wildman–Crippen LogP) is 0.515. The van der Waals surface area contributed by atoms with Crippen LogP contribution >= 0.6 is 0 Å². The number of hydrogen-bond donors (Lipinski definition) is 1.